The van der Waals surface area contributed by atoms with Crippen LogP contribution in [0.1, 0.15) is 31.2 Å². The average molecular weight is 302 g/mol. The van der Waals surface area contributed by atoms with Gasteiger partial charge in [-0.15, -0.1) is 0 Å². The van der Waals surface area contributed by atoms with E-state index in [0.717, 1.165) is 6.07 Å². The number of carboxylic acid groups (broad SMARTS) is 3. The van der Waals surface area contributed by atoms with Gasteiger partial charge in [0.15, 0.2) is 5.69 Å². The van der Waals surface area contributed by atoms with Crippen LogP contribution >= 0.6 is 0 Å². The fourth-order valence-corrected chi connectivity index (χ4v) is 1.90. The Morgan fingerprint density at radius 3 is 1.86 bits per heavy atom. The monoisotopic (exact) mass is 302 g/mol. The van der Waals surface area contributed by atoms with Crippen molar-refractivity contribution < 1.29 is 29.7 Å². The second-order valence-corrected chi connectivity index (χ2v) is 4.35. The van der Waals surface area contributed by atoms with Crippen LogP contribution in [-0.2, 0) is 0 Å². The summed E-state index contributed by atoms with van der Waals surface area (Å²) >= 11 is 0. The van der Waals surface area contributed by atoms with E-state index in [0.29, 0.717) is 0 Å². The molecule has 0 saturated heterocycles. The van der Waals surface area contributed by atoms with Gasteiger partial charge in [0, 0.05) is 5.56 Å². The Balaban J connectivity index is 2.74. The van der Waals surface area contributed by atoms with Crippen molar-refractivity contribution in [2.75, 3.05) is 5.73 Å². The molecule has 5 N–H and O–H groups in total. The van der Waals surface area contributed by atoms with E-state index in [1.165, 1.54) is 24.3 Å². The molecule has 0 spiro atoms. The van der Waals surface area contributed by atoms with Crippen molar-refractivity contribution in [2.24, 2.45) is 0 Å². The second-order valence-electron chi connectivity index (χ2n) is 4.35. The molecule has 1 aromatic carbocycles. The van der Waals surface area contributed by atoms with E-state index >= 15 is 0 Å². The Labute approximate surface area is 123 Å². The van der Waals surface area contributed by atoms with E-state index in [1.807, 2.05) is 0 Å². The molecule has 2 aromatic rings. The minimum Gasteiger partial charge on any atom is -0.478 e. The predicted octanol–water partition coefficient (Wildman–Crippen LogP) is 1.43. The first kappa shape index (κ1) is 15.0. The first-order chi connectivity index (χ1) is 10.3. The summed E-state index contributed by atoms with van der Waals surface area (Å²) < 4.78 is 0. The van der Waals surface area contributed by atoms with Crippen LogP contribution in [0.5, 0.6) is 0 Å². The number of aromatic carboxylic acids is 3. The van der Waals surface area contributed by atoms with Gasteiger partial charge in [0.25, 0.3) is 0 Å². The first-order valence-corrected chi connectivity index (χ1v) is 5.91. The van der Waals surface area contributed by atoms with E-state index in [4.69, 9.17) is 21.1 Å². The standard InChI is InChI=1S/C14H10N2O6/c15-10-2-1-9(11(16-10)14(21)22)6-3-7(12(17)18)5-8(4-6)13(19)20/h1-5H,(H2,15,16)(H,17,18)(H,19,20)(H,21,22). The van der Waals surface area contributed by atoms with Crippen molar-refractivity contribution in [3.63, 3.8) is 0 Å². The summed E-state index contributed by atoms with van der Waals surface area (Å²) in [5, 5.41) is 27.2. The van der Waals surface area contributed by atoms with Gasteiger partial charge in [0.05, 0.1) is 11.1 Å². The highest BCUT2D eigenvalue weighted by Gasteiger charge is 2.18. The Hall–Kier alpha value is -3.42. The number of aromatic nitrogens is 1. The normalized spacial score (nSPS) is 10.2. The lowest BCUT2D eigenvalue weighted by Crippen LogP contribution is -2.07. The smallest absolute Gasteiger partial charge is 0.355 e. The van der Waals surface area contributed by atoms with Crippen molar-refractivity contribution in [1.82, 2.24) is 4.98 Å². The molecule has 0 aliphatic carbocycles. The quantitative estimate of drug-likeness (QED) is 0.662. The maximum absolute atomic E-state index is 11.2. The molecular weight excluding hydrogens is 292 g/mol. The lowest BCUT2D eigenvalue weighted by atomic mass is 9.98. The van der Waals surface area contributed by atoms with Gasteiger partial charge in [-0.2, -0.15) is 0 Å². The zero-order valence-corrected chi connectivity index (χ0v) is 11.0. The topological polar surface area (TPSA) is 151 Å². The molecule has 0 atom stereocenters. The zero-order chi connectivity index (χ0) is 16.4. The van der Waals surface area contributed by atoms with Crippen LogP contribution in [0.25, 0.3) is 11.1 Å². The van der Waals surface area contributed by atoms with Crippen LogP contribution in [0, 0.1) is 0 Å². The molecule has 0 aliphatic heterocycles. The lowest BCUT2D eigenvalue weighted by Gasteiger charge is -2.09. The highest BCUT2D eigenvalue weighted by Crippen LogP contribution is 2.26. The molecular formula is C14H10N2O6. The Bertz CT molecular complexity index is 768. The Kier molecular flexibility index (Phi) is 3.76. The molecule has 0 amide bonds. The van der Waals surface area contributed by atoms with Gasteiger partial charge in [-0.05, 0) is 35.9 Å². The summed E-state index contributed by atoms with van der Waals surface area (Å²) in [5.74, 6) is -4.04. The number of carbonyl (C=O) groups is 3. The molecule has 8 nitrogen and oxygen atoms in total. The molecule has 0 aliphatic rings. The van der Waals surface area contributed by atoms with Crippen LogP contribution < -0.4 is 5.73 Å². The SMILES string of the molecule is Nc1ccc(-c2cc(C(=O)O)cc(C(=O)O)c2)c(C(=O)O)n1. The highest BCUT2D eigenvalue weighted by molar-refractivity contribution is 5.99. The summed E-state index contributed by atoms with van der Waals surface area (Å²) in [6.07, 6.45) is 0. The zero-order valence-electron chi connectivity index (χ0n) is 11.0. The number of hydrogen-bond donors (Lipinski definition) is 4. The molecule has 8 heteroatoms. The Morgan fingerprint density at radius 1 is 0.864 bits per heavy atom. The van der Waals surface area contributed by atoms with Crippen molar-refractivity contribution in [3.05, 3.63) is 47.2 Å². The van der Waals surface area contributed by atoms with Gasteiger partial charge in [-0.1, -0.05) is 0 Å². The number of nitrogens with two attached hydrogens (primary N) is 1. The number of nitrogen functional groups attached to an aromatic ring is 1. The molecule has 1 heterocycles. The first-order valence-electron chi connectivity index (χ1n) is 5.91. The minimum absolute atomic E-state index is 0.0194. The number of pyridine rings is 1. The van der Waals surface area contributed by atoms with Gasteiger partial charge in [0.1, 0.15) is 5.82 Å². The third kappa shape index (κ3) is 2.85. The summed E-state index contributed by atoms with van der Waals surface area (Å²) in [5.41, 5.74) is 4.69. The van der Waals surface area contributed by atoms with Crippen LogP contribution in [0.3, 0.4) is 0 Å². The highest BCUT2D eigenvalue weighted by atomic mass is 16.4. The van der Waals surface area contributed by atoms with Gasteiger partial charge >= 0.3 is 17.9 Å². The molecule has 0 saturated carbocycles. The van der Waals surface area contributed by atoms with Gasteiger partial charge < -0.3 is 21.1 Å². The molecule has 1 aromatic heterocycles. The summed E-state index contributed by atoms with van der Waals surface area (Å²) in [7, 11) is 0. The fourth-order valence-electron chi connectivity index (χ4n) is 1.90. The third-order valence-electron chi connectivity index (χ3n) is 2.86. The molecule has 0 unspecified atom stereocenters. The Morgan fingerprint density at radius 2 is 1.41 bits per heavy atom. The lowest BCUT2D eigenvalue weighted by molar-refractivity contribution is 0.0680. The maximum Gasteiger partial charge on any atom is 0.355 e. The second kappa shape index (κ2) is 5.52. The van der Waals surface area contributed by atoms with E-state index in [9.17, 15) is 14.4 Å². The summed E-state index contributed by atoms with van der Waals surface area (Å²) in [4.78, 5) is 37.1. The van der Waals surface area contributed by atoms with E-state index < -0.39 is 17.9 Å². The molecule has 0 fully saturated rings. The number of hydrogen-bond acceptors (Lipinski definition) is 5. The summed E-state index contributed by atoms with van der Waals surface area (Å²) in [6, 6.07) is 6.02. The van der Waals surface area contributed by atoms with E-state index in [1.54, 1.807) is 0 Å². The third-order valence-corrected chi connectivity index (χ3v) is 2.86. The minimum atomic E-state index is -1.36. The van der Waals surface area contributed by atoms with Gasteiger partial charge in [-0.25, -0.2) is 19.4 Å². The number of carboxylic acids is 3. The molecule has 0 radical (unpaired) electrons. The molecule has 112 valence electrons. The fraction of sp³-hybridized carbons (Fsp3) is 0. The number of nitrogens with zero attached hydrogens (tertiary/aromatic N) is 1. The predicted molar refractivity (Wildman–Crippen MR) is 75.0 cm³/mol. The average Bonchev–Trinajstić information content (AvgIpc) is 2.46. The van der Waals surface area contributed by atoms with Crippen LogP contribution in [0.15, 0.2) is 30.3 Å². The van der Waals surface area contributed by atoms with Crippen molar-refractivity contribution in [3.8, 4) is 11.1 Å². The maximum atomic E-state index is 11.2. The number of rotatable bonds is 4. The molecule has 0 bridgehead atoms. The van der Waals surface area contributed by atoms with Crippen LogP contribution in [0.2, 0.25) is 0 Å². The number of benzene rings is 1. The molecule has 22 heavy (non-hydrogen) atoms. The van der Waals surface area contributed by atoms with Gasteiger partial charge in [-0.3, -0.25) is 0 Å². The number of anilines is 1. The van der Waals surface area contributed by atoms with Crippen molar-refractivity contribution in [2.45, 2.75) is 0 Å². The summed E-state index contributed by atoms with van der Waals surface area (Å²) in [6.45, 7) is 0. The van der Waals surface area contributed by atoms with E-state index in [2.05, 4.69) is 4.98 Å². The molecule has 2 rings (SSSR count). The van der Waals surface area contributed by atoms with Crippen molar-refractivity contribution in [1.29, 1.82) is 0 Å². The van der Waals surface area contributed by atoms with Crippen LogP contribution in [0.4, 0.5) is 5.82 Å². The largest absolute Gasteiger partial charge is 0.478 e. The van der Waals surface area contributed by atoms with Crippen LogP contribution in [-0.4, -0.2) is 38.2 Å². The van der Waals surface area contributed by atoms with Crippen molar-refractivity contribution >= 4 is 23.7 Å². The van der Waals surface area contributed by atoms with E-state index in [-0.39, 0.29) is 33.8 Å². The van der Waals surface area contributed by atoms with Gasteiger partial charge in [0.2, 0.25) is 0 Å².